The van der Waals surface area contributed by atoms with E-state index in [0.29, 0.717) is 16.4 Å². The molecule has 1 heterocycles. The number of amides is 1. The summed E-state index contributed by atoms with van der Waals surface area (Å²) in [5.41, 5.74) is 4.98. The summed E-state index contributed by atoms with van der Waals surface area (Å²) < 4.78 is 2.92. The van der Waals surface area contributed by atoms with Gasteiger partial charge in [0.05, 0.1) is 11.7 Å². The standard InChI is InChI=1S/C26H24BrClN4OS/c1-16-6-4-5-7-20(16)15-34-26-31-30-24(32(26)23-14-22(28)13-8-17(23)2)18(3)29-25(33)19-9-11-21(27)12-10-19/h4-14,18H,15H2,1-3H3,(H,29,33). The Bertz CT molecular complexity index is 1320. The summed E-state index contributed by atoms with van der Waals surface area (Å²) in [5, 5.41) is 13.4. The second-order valence-corrected chi connectivity index (χ2v) is 10.3. The number of carbonyl (C=O) groups is 1. The first-order valence-corrected chi connectivity index (χ1v) is 12.9. The van der Waals surface area contributed by atoms with Gasteiger partial charge in [0, 0.05) is 20.8 Å². The second-order valence-electron chi connectivity index (χ2n) is 8.02. The van der Waals surface area contributed by atoms with E-state index in [2.05, 4.69) is 50.5 Å². The van der Waals surface area contributed by atoms with Crippen LogP contribution in [-0.4, -0.2) is 20.7 Å². The minimum atomic E-state index is -0.380. The van der Waals surface area contributed by atoms with Gasteiger partial charge in [-0.25, -0.2) is 0 Å². The summed E-state index contributed by atoms with van der Waals surface area (Å²) in [5.74, 6) is 1.22. The lowest BCUT2D eigenvalue weighted by molar-refractivity contribution is 0.0938. The van der Waals surface area contributed by atoms with Crippen LogP contribution in [0.4, 0.5) is 0 Å². The van der Waals surface area contributed by atoms with Gasteiger partial charge in [0.1, 0.15) is 0 Å². The fourth-order valence-electron chi connectivity index (χ4n) is 3.57. The Labute approximate surface area is 217 Å². The van der Waals surface area contributed by atoms with Crippen LogP contribution in [0.2, 0.25) is 5.02 Å². The first-order valence-electron chi connectivity index (χ1n) is 10.8. The van der Waals surface area contributed by atoms with Gasteiger partial charge in [-0.05, 0) is 73.9 Å². The molecule has 0 aliphatic rings. The van der Waals surface area contributed by atoms with E-state index in [4.69, 9.17) is 11.6 Å². The summed E-state index contributed by atoms with van der Waals surface area (Å²) in [7, 11) is 0. The van der Waals surface area contributed by atoms with Crippen molar-refractivity contribution in [1.29, 1.82) is 0 Å². The Hall–Kier alpha value is -2.61. The van der Waals surface area contributed by atoms with Gasteiger partial charge in [-0.1, -0.05) is 69.6 Å². The molecule has 0 bridgehead atoms. The molecule has 4 rings (SSSR count). The average Bonchev–Trinajstić information content (AvgIpc) is 3.24. The molecule has 1 unspecified atom stereocenters. The van der Waals surface area contributed by atoms with Gasteiger partial charge in [0.2, 0.25) is 0 Å². The number of halogens is 2. The van der Waals surface area contributed by atoms with Crippen LogP contribution >= 0.6 is 39.3 Å². The van der Waals surface area contributed by atoms with E-state index in [-0.39, 0.29) is 11.9 Å². The Morgan fingerprint density at radius 2 is 1.79 bits per heavy atom. The van der Waals surface area contributed by atoms with Gasteiger partial charge in [-0.2, -0.15) is 0 Å². The van der Waals surface area contributed by atoms with E-state index < -0.39 is 0 Å². The zero-order valence-electron chi connectivity index (χ0n) is 19.0. The van der Waals surface area contributed by atoms with Crippen molar-refractivity contribution >= 4 is 45.2 Å². The number of thioether (sulfide) groups is 1. The van der Waals surface area contributed by atoms with Crippen LogP contribution in [0.3, 0.4) is 0 Å². The lowest BCUT2D eigenvalue weighted by Crippen LogP contribution is -2.28. The first kappa shape index (κ1) is 24.5. The molecular weight excluding hydrogens is 532 g/mol. The molecule has 4 aromatic rings. The molecule has 1 atom stereocenters. The van der Waals surface area contributed by atoms with E-state index in [1.807, 2.05) is 60.9 Å². The molecule has 0 aliphatic carbocycles. The second kappa shape index (κ2) is 10.8. The third-order valence-corrected chi connectivity index (χ3v) is 7.27. The monoisotopic (exact) mass is 554 g/mol. The van der Waals surface area contributed by atoms with Crippen LogP contribution in [0, 0.1) is 13.8 Å². The highest BCUT2D eigenvalue weighted by atomic mass is 79.9. The number of aryl methyl sites for hydroxylation is 2. The smallest absolute Gasteiger partial charge is 0.251 e. The Balaban J connectivity index is 1.67. The van der Waals surface area contributed by atoms with Crippen LogP contribution in [0.1, 0.15) is 45.8 Å². The summed E-state index contributed by atoms with van der Waals surface area (Å²) in [6, 6.07) is 20.9. The molecule has 8 heteroatoms. The number of hydrogen-bond acceptors (Lipinski definition) is 4. The number of carbonyl (C=O) groups excluding carboxylic acids is 1. The number of nitrogens with zero attached hydrogens (tertiary/aromatic N) is 3. The van der Waals surface area contributed by atoms with Crippen LogP contribution in [-0.2, 0) is 5.75 Å². The molecule has 3 aromatic carbocycles. The Kier molecular flexibility index (Phi) is 7.76. The number of nitrogens with one attached hydrogen (secondary N) is 1. The summed E-state index contributed by atoms with van der Waals surface area (Å²) >= 11 is 11.4. The molecule has 0 radical (unpaired) electrons. The molecule has 0 fully saturated rings. The van der Waals surface area contributed by atoms with Crippen molar-refractivity contribution < 1.29 is 4.79 Å². The minimum Gasteiger partial charge on any atom is -0.342 e. The molecule has 174 valence electrons. The highest BCUT2D eigenvalue weighted by Crippen LogP contribution is 2.31. The zero-order valence-corrected chi connectivity index (χ0v) is 22.2. The molecule has 5 nitrogen and oxygen atoms in total. The summed E-state index contributed by atoms with van der Waals surface area (Å²) in [6.45, 7) is 6.04. The number of hydrogen-bond donors (Lipinski definition) is 1. The van der Waals surface area contributed by atoms with Crippen LogP contribution in [0.5, 0.6) is 0 Å². The molecule has 0 saturated heterocycles. The highest BCUT2D eigenvalue weighted by Gasteiger charge is 2.23. The third kappa shape index (κ3) is 5.54. The fraction of sp³-hybridized carbons (Fsp3) is 0.192. The van der Waals surface area contributed by atoms with Crippen molar-refractivity contribution in [1.82, 2.24) is 20.1 Å². The summed E-state index contributed by atoms with van der Waals surface area (Å²) in [4.78, 5) is 12.9. The van der Waals surface area contributed by atoms with E-state index in [9.17, 15) is 4.79 Å². The van der Waals surface area contributed by atoms with Crippen LogP contribution in [0.25, 0.3) is 5.69 Å². The van der Waals surface area contributed by atoms with Crippen molar-refractivity contribution in [2.75, 3.05) is 0 Å². The van der Waals surface area contributed by atoms with Crippen molar-refractivity contribution in [2.45, 2.75) is 37.7 Å². The van der Waals surface area contributed by atoms with Crippen LogP contribution in [0.15, 0.2) is 76.4 Å². The Morgan fingerprint density at radius 1 is 1.06 bits per heavy atom. The van der Waals surface area contributed by atoms with Crippen LogP contribution < -0.4 is 5.32 Å². The van der Waals surface area contributed by atoms with E-state index in [0.717, 1.165) is 26.6 Å². The summed E-state index contributed by atoms with van der Waals surface area (Å²) in [6.07, 6.45) is 0. The lowest BCUT2D eigenvalue weighted by atomic mass is 10.1. The SMILES string of the molecule is Cc1ccccc1CSc1nnc(C(C)NC(=O)c2ccc(Br)cc2)n1-c1cc(Cl)ccc1C. The number of rotatable bonds is 7. The van der Waals surface area contributed by atoms with E-state index >= 15 is 0 Å². The number of aromatic nitrogens is 3. The largest absolute Gasteiger partial charge is 0.342 e. The van der Waals surface area contributed by atoms with Gasteiger partial charge < -0.3 is 5.32 Å². The Morgan fingerprint density at radius 3 is 2.53 bits per heavy atom. The predicted octanol–water partition coefficient (Wildman–Crippen LogP) is 7.08. The van der Waals surface area contributed by atoms with Gasteiger partial charge in [0.25, 0.3) is 5.91 Å². The van der Waals surface area contributed by atoms with Crippen molar-refractivity contribution in [3.05, 3.63) is 104 Å². The fourth-order valence-corrected chi connectivity index (χ4v) is 5.02. The van der Waals surface area contributed by atoms with Crippen molar-refractivity contribution in [2.24, 2.45) is 0 Å². The molecule has 0 aliphatic heterocycles. The molecule has 1 aromatic heterocycles. The molecule has 0 spiro atoms. The van der Waals surface area contributed by atoms with Crippen molar-refractivity contribution in [3.63, 3.8) is 0 Å². The van der Waals surface area contributed by atoms with E-state index in [1.165, 1.54) is 11.1 Å². The maximum absolute atomic E-state index is 12.9. The van der Waals surface area contributed by atoms with Crippen molar-refractivity contribution in [3.8, 4) is 5.69 Å². The van der Waals surface area contributed by atoms with Gasteiger partial charge in [-0.3, -0.25) is 9.36 Å². The van der Waals surface area contributed by atoms with E-state index in [1.54, 1.807) is 23.9 Å². The van der Waals surface area contributed by atoms with Gasteiger partial charge in [-0.15, -0.1) is 10.2 Å². The zero-order chi connectivity index (χ0) is 24.2. The maximum atomic E-state index is 12.9. The maximum Gasteiger partial charge on any atom is 0.251 e. The molecule has 1 amide bonds. The normalized spacial score (nSPS) is 11.9. The topological polar surface area (TPSA) is 59.8 Å². The third-order valence-electron chi connectivity index (χ3n) is 5.53. The number of benzene rings is 3. The highest BCUT2D eigenvalue weighted by molar-refractivity contribution is 9.10. The average molecular weight is 556 g/mol. The van der Waals surface area contributed by atoms with Gasteiger partial charge in [0.15, 0.2) is 11.0 Å². The molecule has 0 saturated carbocycles. The molecule has 34 heavy (non-hydrogen) atoms. The molecular formula is C26H24BrClN4OS. The molecule has 1 N–H and O–H groups in total. The quantitative estimate of drug-likeness (QED) is 0.248. The van der Waals surface area contributed by atoms with Gasteiger partial charge >= 0.3 is 0 Å². The predicted molar refractivity (Wildman–Crippen MR) is 142 cm³/mol. The first-order chi connectivity index (χ1) is 16.3. The lowest BCUT2D eigenvalue weighted by Gasteiger charge is -2.18. The minimum absolute atomic E-state index is 0.175.